The zero-order valence-electron chi connectivity index (χ0n) is 14.7. The maximum Gasteiger partial charge on any atom is 0.331 e. The van der Waals surface area contributed by atoms with E-state index in [9.17, 15) is 22.8 Å². The third-order valence-electron chi connectivity index (χ3n) is 3.59. The van der Waals surface area contributed by atoms with Crippen molar-refractivity contribution in [2.45, 2.75) is 25.3 Å². The Hall–Kier alpha value is -2.80. The van der Waals surface area contributed by atoms with Gasteiger partial charge in [-0.1, -0.05) is 0 Å². The van der Waals surface area contributed by atoms with E-state index in [1.807, 2.05) is 0 Å². The van der Waals surface area contributed by atoms with Gasteiger partial charge in [-0.2, -0.15) is 12.8 Å². The molecule has 0 bridgehead atoms. The first kappa shape index (κ1) is 21.5. The molecular formula is C15H19N5O6S2. The van der Waals surface area contributed by atoms with Gasteiger partial charge < -0.3 is 15.7 Å². The van der Waals surface area contributed by atoms with Crippen LogP contribution in [0.25, 0.3) is 0 Å². The maximum absolute atomic E-state index is 12.1. The zero-order chi connectivity index (χ0) is 20.5. The highest BCUT2D eigenvalue weighted by Crippen LogP contribution is 2.18. The number of amides is 2. The average Bonchev–Trinajstić information content (AvgIpc) is 3.13. The molecule has 0 fully saturated rings. The quantitative estimate of drug-likeness (QED) is 0.428. The molecular weight excluding hydrogens is 410 g/mol. The first-order valence-corrected chi connectivity index (χ1v) is 10.2. The normalized spacial score (nSPS) is 14.2. The molecule has 1 aliphatic heterocycles. The molecule has 0 aromatic carbocycles. The molecule has 0 saturated heterocycles. The molecule has 1 aliphatic rings. The van der Waals surface area contributed by atoms with Gasteiger partial charge in [-0.05, 0) is 25.0 Å². The van der Waals surface area contributed by atoms with E-state index in [1.165, 1.54) is 11.3 Å². The number of carboxylic acid groups (broad SMARTS) is 1. The summed E-state index contributed by atoms with van der Waals surface area (Å²) in [7, 11) is -2.89. The molecule has 1 atom stereocenters. The van der Waals surface area contributed by atoms with Crippen LogP contribution in [0.2, 0.25) is 0 Å². The van der Waals surface area contributed by atoms with E-state index in [0.29, 0.717) is 23.8 Å². The molecule has 152 valence electrons. The van der Waals surface area contributed by atoms with E-state index < -0.39 is 35.0 Å². The first-order valence-electron chi connectivity index (χ1n) is 8.33. The number of thiophene rings is 1. The number of nitrogens with one attached hydrogen (secondary N) is 3. The van der Waals surface area contributed by atoms with Crippen molar-refractivity contribution in [1.29, 1.82) is 0 Å². The zero-order valence-corrected chi connectivity index (χ0v) is 16.3. The summed E-state index contributed by atoms with van der Waals surface area (Å²) < 4.78 is 24.0. The SMILES string of the molecule is O=C(CCc1ccc(C(=O)NC[C@H](N=S(=O)=O)C(=O)O)s1)NC1=NCCCN1. The van der Waals surface area contributed by atoms with E-state index in [-0.39, 0.29) is 12.3 Å². The van der Waals surface area contributed by atoms with Crippen LogP contribution < -0.4 is 16.0 Å². The summed E-state index contributed by atoms with van der Waals surface area (Å²) in [4.78, 5) is 40.2. The van der Waals surface area contributed by atoms with Crippen LogP contribution in [-0.4, -0.2) is 62.9 Å². The van der Waals surface area contributed by atoms with Gasteiger partial charge in [0.1, 0.15) is 0 Å². The fraction of sp³-hybridized carbons (Fsp3) is 0.467. The van der Waals surface area contributed by atoms with E-state index in [0.717, 1.165) is 17.8 Å². The van der Waals surface area contributed by atoms with Gasteiger partial charge in [0, 0.05) is 24.4 Å². The van der Waals surface area contributed by atoms with Crippen LogP contribution in [0.3, 0.4) is 0 Å². The highest BCUT2D eigenvalue weighted by molar-refractivity contribution is 7.61. The van der Waals surface area contributed by atoms with Gasteiger partial charge >= 0.3 is 16.5 Å². The van der Waals surface area contributed by atoms with Crippen LogP contribution >= 0.6 is 11.3 Å². The van der Waals surface area contributed by atoms with Crippen LogP contribution in [0.15, 0.2) is 21.5 Å². The fourth-order valence-electron chi connectivity index (χ4n) is 2.23. The first-order chi connectivity index (χ1) is 13.3. The molecule has 13 heteroatoms. The summed E-state index contributed by atoms with van der Waals surface area (Å²) >= 11 is 1.17. The minimum absolute atomic E-state index is 0.191. The highest BCUT2D eigenvalue weighted by atomic mass is 32.2. The van der Waals surface area contributed by atoms with Crippen molar-refractivity contribution >= 4 is 45.6 Å². The van der Waals surface area contributed by atoms with Gasteiger partial charge in [0.25, 0.3) is 5.91 Å². The molecule has 0 radical (unpaired) electrons. The lowest BCUT2D eigenvalue weighted by Crippen LogP contribution is -2.43. The molecule has 0 saturated carbocycles. The smallest absolute Gasteiger partial charge is 0.331 e. The van der Waals surface area contributed by atoms with Crippen LogP contribution in [0.4, 0.5) is 0 Å². The predicted molar refractivity (Wildman–Crippen MR) is 101 cm³/mol. The lowest BCUT2D eigenvalue weighted by atomic mass is 10.2. The highest BCUT2D eigenvalue weighted by Gasteiger charge is 2.19. The Morgan fingerprint density at radius 3 is 2.79 bits per heavy atom. The molecule has 1 aromatic heterocycles. The predicted octanol–water partition coefficient (Wildman–Crippen LogP) is -0.608. The Balaban J connectivity index is 1.82. The van der Waals surface area contributed by atoms with Crippen molar-refractivity contribution in [3.8, 4) is 0 Å². The minimum Gasteiger partial charge on any atom is -0.480 e. The molecule has 0 unspecified atom stereocenters. The van der Waals surface area contributed by atoms with Gasteiger partial charge in [-0.15, -0.1) is 11.3 Å². The molecule has 1 aromatic rings. The number of rotatable bonds is 8. The van der Waals surface area contributed by atoms with Crippen LogP contribution in [0, 0.1) is 0 Å². The number of nitrogens with zero attached hydrogens (tertiary/aromatic N) is 2. The lowest BCUT2D eigenvalue weighted by Gasteiger charge is -2.14. The Morgan fingerprint density at radius 2 is 2.14 bits per heavy atom. The molecule has 2 heterocycles. The van der Waals surface area contributed by atoms with E-state index in [1.54, 1.807) is 12.1 Å². The number of carboxylic acids is 1. The molecule has 2 rings (SSSR count). The largest absolute Gasteiger partial charge is 0.480 e. The second-order valence-electron chi connectivity index (χ2n) is 5.71. The van der Waals surface area contributed by atoms with Crippen molar-refractivity contribution in [3.05, 3.63) is 21.9 Å². The van der Waals surface area contributed by atoms with Crippen LogP contribution in [0.5, 0.6) is 0 Å². The van der Waals surface area contributed by atoms with E-state index in [4.69, 9.17) is 5.11 Å². The Labute approximate surface area is 165 Å². The van der Waals surface area contributed by atoms with Crippen molar-refractivity contribution in [3.63, 3.8) is 0 Å². The Kier molecular flexibility index (Phi) is 8.07. The van der Waals surface area contributed by atoms with Gasteiger partial charge in [0.2, 0.25) is 5.91 Å². The number of aliphatic imine (C=N–C) groups is 1. The Morgan fingerprint density at radius 1 is 1.36 bits per heavy atom. The monoisotopic (exact) mass is 429 g/mol. The van der Waals surface area contributed by atoms with Crippen LogP contribution in [-0.2, 0) is 26.5 Å². The van der Waals surface area contributed by atoms with E-state index in [2.05, 4.69) is 25.3 Å². The standard InChI is InChI=1S/C15H19N5O6S2/c21-12(19-15-16-6-1-7-17-15)5-3-9-2-4-11(27-9)13(22)18-8-10(14(23)24)20-28(25)26/h2,4,10H,1,3,5-8H2,(H,18,22)(H,23,24)(H2,16,17,19,21)/t10-/m0/s1. The summed E-state index contributed by atoms with van der Waals surface area (Å²) in [5.41, 5.74) is 0. The fourth-order valence-corrected chi connectivity index (χ4v) is 3.53. The number of carbonyl (C=O) groups is 3. The summed E-state index contributed by atoms with van der Waals surface area (Å²) in [6, 6.07) is 1.68. The van der Waals surface area contributed by atoms with Gasteiger partial charge in [-0.3, -0.25) is 19.9 Å². The van der Waals surface area contributed by atoms with Crippen molar-refractivity contribution in [2.24, 2.45) is 9.36 Å². The lowest BCUT2D eigenvalue weighted by molar-refractivity contribution is -0.138. The third-order valence-corrected chi connectivity index (χ3v) is 5.16. The molecule has 4 N–H and O–H groups in total. The van der Waals surface area contributed by atoms with Crippen LogP contribution in [0.1, 0.15) is 27.4 Å². The number of carbonyl (C=O) groups excluding carboxylic acids is 2. The second-order valence-corrected chi connectivity index (χ2v) is 7.52. The van der Waals surface area contributed by atoms with Crippen molar-refractivity contribution < 1.29 is 27.9 Å². The number of hydrogen-bond donors (Lipinski definition) is 4. The number of guanidine groups is 1. The van der Waals surface area contributed by atoms with Crippen molar-refractivity contribution in [1.82, 2.24) is 16.0 Å². The summed E-state index contributed by atoms with van der Waals surface area (Å²) in [6.45, 7) is 0.989. The third kappa shape index (κ3) is 7.08. The average molecular weight is 429 g/mol. The Bertz CT molecular complexity index is 900. The molecule has 2 amide bonds. The van der Waals surface area contributed by atoms with Crippen molar-refractivity contribution in [2.75, 3.05) is 19.6 Å². The molecule has 0 spiro atoms. The molecule has 28 heavy (non-hydrogen) atoms. The summed E-state index contributed by atoms with van der Waals surface area (Å²) in [5, 5.41) is 16.9. The number of hydrogen-bond acceptors (Lipinski definition) is 9. The maximum atomic E-state index is 12.1. The molecule has 0 aliphatic carbocycles. The molecule has 11 nitrogen and oxygen atoms in total. The summed E-state index contributed by atoms with van der Waals surface area (Å²) in [5.74, 6) is -1.72. The number of aryl methyl sites for hydroxylation is 1. The minimum atomic E-state index is -2.89. The van der Waals surface area contributed by atoms with Gasteiger partial charge in [-0.25, -0.2) is 4.79 Å². The van der Waals surface area contributed by atoms with Gasteiger partial charge in [0.05, 0.1) is 11.4 Å². The number of aliphatic carboxylic acids is 1. The van der Waals surface area contributed by atoms with E-state index >= 15 is 0 Å². The summed E-state index contributed by atoms with van der Waals surface area (Å²) in [6.07, 6.45) is 1.58. The van der Waals surface area contributed by atoms with Gasteiger partial charge in [0.15, 0.2) is 12.0 Å². The topological polar surface area (TPSA) is 166 Å². The second kappa shape index (κ2) is 10.5.